The molecule has 0 radical (unpaired) electrons. The zero-order chi connectivity index (χ0) is 11.5. The van der Waals surface area contributed by atoms with Crippen LogP contribution in [-0.4, -0.2) is 31.6 Å². The summed E-state index contributed by atoms with van der Waals surface area (Å²) in [7, 11) is 0. The van der Waals surface area contributed by atoms with Gasteiger partial charge in [0.05, 0.1) is 24.3 Å². The number of morpholine rings is 1. The molecule has 3 nitrogen and oxygen atoms in total. The molecule has 1 aliphatic heterocycles. The molecule has 1 aliphatic rings. The molecule has 0 saturated carbocycles. The van der Waals surface area contributed by atoms with Gasteiger partial charge in [0.15, 0.2) is 5.78 Å². The second-order valence-electron chi connectivity index (χ2n) is 3.57. The van der Waals surface area contributed by atoms with Crippen molar-refractivity contribution in [2.45, 2.75) is 6.04 Å². The van der Waals surface area contributed by atoms with Crippen LogP contribution in [0.1, 0.15) is 10.4 Å². The summed E-state index contributed by atoms with van der Waals surface area (Å²) in [5, 5.41) is 3.27. The molecule has 2 rings (SSSR count). The fourth-order valence-corrected chi connectivity index (χ4v) is 1.82. The average molecular weight is 244 g/mol. The van der Waals surface area contributed by atoms with Gasteiger partial charge in [-0.25, -0.2) is 4.39 Å². The van der Waals surface area contributed by atoms with E-state index in [2.05, 4.69) is 5.32 Å². The van der Waals surface area contributed by atoms with Crippen LogP contribution in [0.15, 0.2) is 18.2 Å². The number of carbonyl (C=O) groups is 1. The number of hydrogen-bond acceptors (Lipinski definition) is 3. The van der Waals surface area contributed by atoms with Gasteiger partial charge in [-0.05, 0) is 18.2 Å². The predicted octanol–water partition coefficient (Wildman–Crippen LogP) is 1.65. The molecular formula is C11H11ClFNO2. The van der Waals surface area contributed by atoms with Crippen LogP contribution in [0.5, 0.6) is 0 Å². The summed E-state index contributed by atoms with van der Waals surface area (Å²) < 4.78 is 18.2. The van der Waals surface area contributed by atoms with Crippen molar-refractivity contribution in [2.24, 2.45) is 0 Å². The van der Waals surface area contributed by atoms with E-state index in [0.29, 0.717) is 19.8 Å². The minimum absolute atomic E-state index is 0.199. The molecule has 86 valence electrons. The SMILES string of the molecule is O=C(c1cc(F)ccc1Cl)C1COCCN1. The molecule has 1 saturated heterocycles. The summed E-state index contributed by atoms with van der Waals surface area (Å²) >= 11 is 5.85. The van der Waals surface area contributed by atoms with Gasteiger partial charge in [0.1, 0.15) is 5.82 Å². The minimum atomic E-state index is -0.468. The Hall–Kier alpha value is -0.970. The quantitative estimate of drug-likeness (QED) is 0.803. The summed E-state index contributed by atoms with van der Waals surface area (Å²) in [5.41, 5.74) is 0.199. The number of ether oxygens (including phenoxy) is 1. The van der Waals surface area contributed by atoms with Gasteiger partial charge in [0.25, 0.3) is 0 Å². The first-order chi connectivity index (χ1) is 7.68. The van der Waals surface area contributed by atoms with E-state index >= 15 is 0 Å². The third-order valence-electron chi connectivity index (χ3n) is 2.43. The Balaban J connectivity index is 2.22. The van der Waals surface area contributed by atoms with E-state index < -0.39 is 11.9 Å². The highest BCUT2D eigenvalue weighted by molar-refractivity contribution is 6.34. The molecule has 0 spiro atoms. The predicted molar refractivity (Wildman–Crippen MR) is 58.4 cm³/mol. The number of carbonyl (C=O) groups excluding carboxylic acids is 1. The lowest BCUT2D eigenvalue weighted by atomic mass is 10.0. The monoisotopic (exact) mass is 243 g/mol. The number of hydrogen-bond donors (Lipinski definition) is 1. The fraction of sp³-hybridized carbons (Fsp3) is 0.364. The van der Waals surface area contributed by atoms with Crippen LogP contribution < -0.4 is 5.32 Å². The van der Waals surface area contributed by atoms with Gasteiger partial charge in [-0.2, -0.15) is 0 Å². The van der Waals surface area contributed by atoms with Crippen molar-refractivity contribution in [1.82, 2.24) is 5.32 Å². The summed E-state index contributed by atoms with van der Waals surface area (Å²) in [5.74, 6) is -0.700. The lowest BCUT2D eigenvalue weighted by Crippen LogP contribution is -2.46. The van der Waals surface area contributed by atoms with Gasteiger partial charge in [-0.1, -0.05) is 11.6 Å². The second-order valence-corrected chi connectivity index (χ2v) is 3.98. The maximum absolute atomic E-state index is 13.0. The van der Waals surface area contributed by atoms with Crippen molar-refractivity contribution in [3.05, 3.63) is 34.6 Å². The molecule has 0 aromatic heterocycles. The normalized spacial score (nSPS) is 20.8. The molecule has 1 atom stereocenters. The summed E-state index contributed by atoms with van der Waals surface area (Å²) in [4.78, 5) is 12.0. The van der Waals surface area contributed by atoms with Crippen LogP contribution in [-0.2, 0) is 4.74 Å². The molecule has 1 aromatic rings. The number of ketones is 1. The number of Topliss-reactive ketones (excluding diaryl/α,β-unsaturated/α-hetero) is 1. The molecule has 0 aliphatic carbocycles. The van der Waals surface area contributed by atoms with E-state index in [4.69, 9.17) is 16.3 Å². The molecule has 1 N–H and O–H groups in total. The summed E-state index contributed by atoms with van der Waals surface area (Å²) in [6, 6.07) is 3.33. The van der Waals surface area contributed by atoms with E-state index in [1.54, 1.807) is 0 Å². The zero-order valence-electron chi connectivity index (χ0n) is 8.50. The maximum Gasteiger partial charge on any atom is 0.183 e. The van der Waals surface area contributed by atoms with Crippen molar-refractivity contribution in [2.75, 3.05) is 19.8 Å². The second kappa shape index (κ2) is 4.91. The molecule has 1 unspecified atom stereocenters. The molecular weight excluding hydrogens is 233 g/mol. The Labute approximate surface area is 97.5 Å². The van der Waals surface area contributed by atoms with Crippen molar-refractivity contribution in [1.29, 1.82) is 0 Å². The number of benzene rings is 1. The van der Waals surface area contributed by atoms with Crippen LogP contribution in [0.3, 0.4) is 0 Å². The van der Waals surface area contributed by atoms with Gasteiger partial charge in [0, 0.05) is 12.1 Å². The van der Waals surface area contributed by atoms with Crippen molar-refractivity contribution < 1.29 is 13.9 Å². The van der Waals surface area contributed by atoms with Gasteiger partial charge >= 0.3 is 0 Å². The van der Waals surface area contributed by atoms with Crippen molar-refractivity contribution >= 4 is 17.4 Å². The van der Waals surface area contributed by atoms with E-state index in [1.807, 2.05) is 0 Å². The van der Waals surface area contributed by atoms with Gasteiger partial charge in [0.2, 0.25) is 0 Å². The van der Waals surface area contributed by atoms with Crippen LogP contribution in [0.25, 0.3) is 0 Å². The van der Waals surface area contributed by atoms with Gasteiger partial charge in [-0.3, -0.25) is 4.79 Å². The Morgan fingerprint density at radius 1 is 1.56 bits per heavy atom. The largest absolute Gasteiger partial charge is 0.378 e. The summed E-state index contributed by atoms with van der Waals surface area (Å²) in [6.07, 6.45) is 0. The van der Waals surface area contributed by atoms with Crippen LogP contribution in [0.2, 0.25) is 5.02 Å². The highest BCUT2D eigenvalue weighted by Crippen LogP contribution is 2.19. The average Bonchev–Trinajstić information content (AvgIpc) is 2.32. The topological polar surface area (TPSA) is 38.3 Å². The Bertz CT molecular complexity index is 405. The summed E-state index contributed by atoms with van der Waals surface area (Å²) in [6.45, 7) is 1.50. The van der Waals surface area contributed by atoms with Crippen LogP contribution >= 0.6 is 11.6 Å². The molecule has 1 heterocycles. The van der Waals surface area contributed by atoms with Crippen LogP contribution in [0.4, 0.5) is 4.39 Å². The number of halogens is 2. The van der Waals surface area contributed by atoms with E-state index in [1.165, 1.54) is 12.1 Å². The molecule has 16 heavy (non-hydrogen) atoms. The van der Waals surface area contributed by atoms with Crippen LogP contribution in [0, 0.1) is 5.82 Å². The lowest BCUT2D eigenvalue weighted by Gasteiger charge is -2.22. The number of rotatable bonds is 2. The van der Waals surface area contributed by atoms with Crippen molar-refractivity contribution in [3.63, 3.8) is 0 Å². The first kappa shape index (κ1) is 11.5. The Morgan fingerprint density at radius 2 is 2.38 bits per heavy atom. The Kier molecular flexibility index (Phi) is 3.53. The highest BCUT2D eigenvalue weighted by Gasteiger charge is 2.24. The maximum atomic E-state index is 13.0. The fourth-order valence-electron chi connectivity index (χ4n) is 1.61. The third kappa shape index (κ3) is 2.40. The molecule has 0 amide bonds. The highest BCUT2D eigenvalue weighted by atomic mass is 35.5. The lowest BCUT2D eigenvalue weighted by molar-refractivity contribution is 0.0607. The first-order valence-electron chi connectivity index (χ1n) is 4.99. The number of nitrogens with one attached hydrogen (secondary N) is 1. The van der Waals surface area contributed by atoms with Gasteiger partial charge in [-0.15, -0.1) is 0 Å². The van der Waals surface area contributed by atoms with E-state index in [-0.39, 0.29) is 16.4 Å². The molecule has 1 fully saturated rings. The molecule has 1 aromatic carbocycles. The Morgan fingerprint density at radius 3 is 3.06 bits per heavy atom. The van der Waals surface area contributed by atoms with Gasteiger partial charge < -0.3 is 10.1 Å². The van der Waals surface area contributed by atoms with E-state index in [9.17, 15) is 9.18 Å². The van der Waals surface area contributed by atoms with Crippen molar-refractivity contribution in [3.8, 4) is 0 Å². The molecule has 0 bridgehead atoms. The third-order valence-corrected chi connectivity index (χ3v) is 2.76. The van der Waals surface area contributed by atoms with E-state index in [0.717, 1.165) is 6.07 Å². The first-order valence-corrected chi connectivity index (χ1v) is 5.36. The smallest absolute Gasteiger partial charge is 0.183 e. The standard InChI is InChI=1S/C11H11ClFNO2/c12-9-2-1-7(13)5-8(9)11(15)10-6-16-4-3-14-10/h1-2,5,10,14H,3-4,6H2. The molecule has 5 heteroatoms. The minimum Gasteiger partial charge on any atom is -0.378 e. The zero-order valence-corrected chi connectivity index (χ0v) is 9.26.